The van der Waals surface area contributed by atoms with Gasteiger partial charge in [0.25, 0.3) is 0 Å². The molecule has 6 nitrogen and oxygen atoms in total. The predicted molar refractivity (Wildman–Crippen MR) is 90.9 cm³/mol. The number of aromatic amines is 1. The van der Waals surface area contributed by atoms with E-state index >= 15 is 0 Å². The minimum atomic E-state index is -4.54. The van der Waals surface area contributed by atoms with Crippen molar-refractivity contribution in [1.29, 1.82) is 0 Å². The molecule has 2 heterocycles. The Kier molecular flexibility index (Phi) is 4.55. The lowest BCUT2D eigenvalue weighted by Crippen LogP contribution is -2.47. The fourth-order valence-corrected chi connectivity index (χ4v) is 3.35. The number of halogens is 3. The van der Waals surface area contributed by atoms with Gasteiger partial charge in [-0.1, -0.05) is 0 Å². The van der Waals surface area contributed by atoms with Crippen LogP contribution in [-0.2, 0) is 6.18 Å². The van der Waals surface area contributed by atoms with Gasteiger partial charge >= 0.3 is 12.1 Å². The summed E-state index contributed by atoms with van der Waals surface area (Å²) in [5, 5.41) is 16.2. The highest BCUT2D eigenvalue weighted by molar-refractivity contribution is 5.89. The van der Waals surface area contributed by atoms with Gasteiger partial charge in [0.05, 0.1) is 28.2 Å². The van der Waals surface area contributed by atoms with Crippen molar-refractivity contribution in [3.63, 3.8) is 0 Å². The summed E-state index contributed by atoms with van der Waals surface area (Å²) in [4.78, 5) is 14.8. The number of H-pyrrole nitrogens is 1. The molecule has 1 aromatic heterocycles. The van der Waals surface area contributed by atoms with Crippen LogP contribution in [0.2, 0.25) is 0 Å². The molecule has 0 atom stereocenters. The molecule has 140 valence electrons. The minimum Gasteiger partial charge on any atom is -0.478 e. The van der Waals surface area contributed by atoms with Crippen molar-refractivity contribution >= 4 is 17.3 Å². The Hall–Kier alpha value is -2.71. The molecule has 1 aromatic carbocycles. The molecule has 0 saturated carbocycles. The van der Waals surface area contributed by atoms with Crippen LogP contribution < -0.4 is 9.80 Å². The molecule has 26 heavy (non-hydrogen) atoms. The molecule has 3 rings (SSSR count). The Bertz CT molecular complexity index is 804. The first-order chi connectivity index (χ1) is 12.2. The van der Waals surface area contributed by atoms with E-state index in [9.17, 15) is 18.0 Å². The number of hydrogen-bond acceptors (Lipinski definition) is 4. The minimum absolute atomic E-state index is 0.0855. The van der Waals surface area contributed by atoms with Gasteiger partial charge in [-0.3, -0.25) is 5.10 Å². The van der Waals surface area contributed by atoms with Crippen LogP contribution in [0.5, 0.6) is 0 Å². The Labute approximate surface area is 148 Å². The number of nitrogens with one attached hydrogen (secondary N) is 1. The zero-order valence-electron chi connectivity index (χ0n) is 14.4. The van der Waals surface area contributed by atoms with E-state index in [0.29, 0.717) is 26.2 Å². The lowest BCUT2D eigenvalue weighted by molar-refractivity contribution is -0.137. The van der Waals surface area contributed by atoms with Crippen molar-refractivity contribution in [3.05, 3.63) is 40.7 Å². The van der Waals surface area contributed by atoms with Gasteiger partial charge in [-0.25, -0.2) is 4.79 Å². The molecule has 1 fully saturated rings. The molecular formula is C17H19F3N4O2. The molecule has 1 saturated heterocycles. The molecule has 1 aliphatic heterocycles. The van der Waals surface area contributed by atoms with Crippen molar-refractivity contribution in [1.82, 2.24) is 10.2 Å². The molecule has 0 bridgehead atoms. The molecule has 0 spiro atoms. The summed E-state index contributed by atoms with van der Waals surface area (Å²) in [6, 6.07) is 2.94. The highest BCUT2D eigenvalue weighted by Crippen LogP contribution is 2.38. The summed E-state index contributed by atoms with van der Waals surface area (Å²) in [6.45, 7) is 5.54. The maximum atomic E-state index is 13.3. The predicted octanol–water partition coefficient (Wildman–Crippen LogP) is 3.07. The van der Waals surface area contributed by atoms with E-state index in [-0.39, 0.29) is 11.3 Å². The van der Waals surface area contributed by atoms with Gasteiger partial charge in [0.1, 0.15) is 0 Å². The number of aryl methyl sites for hydroxylation is 2. The van der Waals surface area contributed by atoms with Gasteiger partial charge < -0.3 is 14.9 Å². The number of benzene rings is 1. The number of hydrogen-bond donors (Lipinski definition) is 2. The number of nitrogens with zero attached hydrogens (tertiary/aromatic N) is 3. The van der Waals surface area contributed by atoms with Crippen LogP contribution in [0.15, 0.2) is 18.2 Å². The average Bonchev–Trinajstić information content (AvgIpc) is 2.92. The van der Waals surface area contributed by atoms with Gasteiger partial charge in [-0.15, -0.1) is 0 Å². The third-order valence-electron chi connectivity index (χ3n) is 4.58. The lowest BCUT2D eigenvalue weighted by atomic mass is 10.1. The van der Waals surface area contributed by atoms with E-state index in [0.717, 1.165) is 35.3 Å². The molecule has 2 N–H and O–H groups in total. The summed E-state index contributed by atoms with van der Waals surface area (Å²) in [6.07, 6.45) is -4.54. The summed E-state index contributed by atoms with van der Waals surface area (Å²) in [5.74, 6) is -1.25. The van der Waals surface area contributed by atoms with E-state index in [4.69, 9.17) is 5.11 Å². The number of alkyl halides is 3. The van der Waals surface area contributed by atoms with Crippen molar-refractivity contribution in [2.75, 3.05) is 36.0 Å². The quantitative estimate of drug-likeness (QED) is 0.871. The number of carbonyl (C=O) groups is 1. The highest BCUT2D eigenvalue weighted by Gasteiger charge is 2.36. The molecule has 0 amide bonds. The maximum Gasteiger partial charge on any atom is 0.418 e. The van der Waals surface area contributed by atoms with Crippen LogP contribution in [0.3, 0.4) is 0 Å². The summed E-state index contributed by atoms with van der Waals surface area (Å²) >= 11 is 0. The van der Waals surface area contributed by atoms with Crippen LogP contribution in [-0.4, -0.2) is 47.5 Å². The summed E-state index contributed by atoms with van der Waals surface area (Å²) in [7, 11) is 0. The number of carboxylic acids is 1. The molecule has 9 heteroatoms. The third-order valence-corrected chi connectivity index (χ3v) is 4.58. The van der Waals surface area contributed by atoms with Gasteiger partial charge in [0.2, 0.25) is 0 Å². The first kappa shape index (κ1) is 18.1. The Morgan fingerprint density at radius 2 is 1.77 bits per heavy atom. The second-order valence-corrected chi connectivity index (χ2v) is 6.29. The SMILES string of the molecule is Cc1n[nH]c(C)c1N1CCN(c2cc(C(=O)O)ccc2C(F)(F)F)CC1. The van der Waals surface area contributed by atoms with Gasteiger partial charge in [0, 0.05) is 31.9 Å². The van der Waals surface area contributed by atoms with E-state index in [1.165, 1.54) is 0 Å². The number of anilines is 2. The summed E-state index contributed by atoms with van der Waals surface area (Å²) < 4.78 is 40.0. The highest BCUT2D eigenvalue weighted by atomic mass is 19.4. The second kappa shape index (κ2) is 6.54. The van der Waals surface area contributed by atoms with Crippen molar-refractivity contribution in [2.45, 2.75) is 20.0 Å². The number of carboxylic acid groups (broad SMARTS) is 1. The summed E-state index contributed by atoms with van der Waals surface area (Å²) in [5.41, 5.74) is 1.68. The second-order valence-electron chi connectivity index (χ2n) is 6.29. The largest absolute Gasteiger partial charge is 0.478 e. The average molecular weight is 368 g/mol. The number of aromatic nitrogens is 2. The van der Waals surface area contributed by atoms with E-state index in [1.807, 2.05) is 13.8 Å². The van der Waals surface area contributed by atoms with Crippen molar-refractivity contribution in [3.8, 4) is 0 Å². The number of rotatable bonds is 3. The molecule has 1 aliphatic rings. The van der Waals surface area contributed by atoms with Crippen molar-refractivity contribution in [2.24, 2.45) is 0 Å². The number of aromatic carboxylic acids is 1. The first-order valence-electron chi connectivity index (χ1n) is 8.14. The van der Waals surface area contributed by atoms with Gasteiger partial charge in [-0.05, 0) is 32.0 Å². The monoisotopic (exact) mass is 368 g/mol. The van der Waals surface area contributed by atoms with E-state index in [2.05, 4.69) is 15.1 Å². The molecular weight excluding hydrogens is 349 g/mol. The normalized spacial score (nSPS) is 15.4. The molecule has 2 aromatic rings. The standard InChI is InChI=1S/C17H19F3N4O2/c1-10-15(11(2)22-21-10)24-7-5-23(6-8-24)14-9-12(16(25)26)3-4-13(14)17(18,19)20/h3-4,9H,5-8H2,1-2H3,(H,21,22)(H,25,26). The van der Waals surface area contributed by atoms with Crippen LogP contribution in [0.25, 0.3) is 0 Å². The zero-order chi connectivity index (χ0) is 19.1. The number of piperazine rings is 1. The smallest absolute Gasteiger partial charge is 0.418 e. The molecule has 0 radical (unpaired) electrons. The fraction of sp³-hybridized carbons (Fsp3) is 0.412. The Balaban J connectivity index is 1.86. The van der Waals surface area contributed by atoms with Gasteiger partial charge in [0.15, 0.2) is 0 Å². The molecule has 0 aliphatic carbocycles. The Morgan fingerprint density at radius 1 is 1.15 bits per heavy atom. The van der Waals surface area contributed by atoms with Crippen LogP contribution in [0.4, 0.5) is 24.5 Å². The first-order valence-corrected chi connectivity index (χ1v) is 8.14. The van der Waals surface area contributed by atoms with Crippen LogP contribution >= 0.6 is 0 Å². The maximum absolute atomic E-state index is 13.3. The lowest BCUT2D eigenvalue weighted by Gasteiger charge is -2.38. The fourth-order valence-electron chi connectivity index (χ4n) is 3.35. The molecule has 0 unspecified atom stereocenters. The zero-order valence-corrected chi connectivity index (χ0v) is 14.4. The third kappa shape index (κ3) is 3.33. The van der Waals surface area contributed by atoms with Crippen LogP contribution in [0.1, 0.15) is 27.3 Å². The van der Waals surface area contributed by atoms with Crippen molar-refractivity contribution < 1.29 is 23.1 Å². The van der Waals surface area contributed by atoms with E-state index in [1.54, 1.807) is 4.90 Å². The topological polar surface area (TPSA) is 72.5 Å². The van der Waals surface area contributed by atoms with Gasteiger partial charge in [-0.2, -0.15) is 18.3 Å². The van der Waals surface area contributed by atoms with E-state index < -0.39 is 17.7 Å². The van der Waals surface area contributed by atoms with Crippen LogP contribution in [0, 0.1) is 13.8 Å². The Morgan fingerprint density at radius 3 is 2.27 bits per heavy atom.